The molecule has 0 fully saturated rings. The molecule has 0 radical (unpaired) electrons. The molecule has 0 bridgehead atoms. The first-order chi connectivity index (χ1) is 15.4. The second-order valence-corrected chi connectivity index (χ2v) is 6.52. The topological polar surface area (TPSA) is 75.6 Å². The van der Waals surface area contributed by atoms with E-state index in [9.17, 15) is 0 Å². The van der Waals surface area contributed by atoms with Gasteiger partial charge in [0.15, 0.2) is 0 Å². The number of hydrogen-bond donors (Lipinski definition) is 1. The van der Waals surface area contributed by atoms with Crippen molar-refractivity contribution in [2.45, 2.75) is 0 Å². The zero-order valence-corrected chi connectivity index (χ0v) is 18.1. The lowest BCUT2D eigenvalue weighted by molar-refractivity contribution is -0.0146. The molecule has 31 heavy (non-hydrogen) atoms. The molecule has 0 spiro atoms. The molecule has 2 rings (SSSR count). The molecule has 0 atom stereocenters. The highest BCUT2D eigenvalue weighted by Gasteiger charge is 1.99. The third-order valence-corrected chi connectivity index (χ3v) is 4.18. The number of rotatable bonds is 19. The summed E-state index contributed by atoms with van der Waals surface area (Å²) in [6.45, 7) is 5.49. The molecule has 172 valence electrons. The van der Waals surface area contributed by atoms with Gasteiger partial charge in [-0.15, -0.1) is 0 Å². The van der Waals surface area contributed by atoms with Crippen molar-refractivity contribution in [2.24, 2.45) is 0 Å². The zero-order chi connectivity index (χ0) is 21.8. The molecule has 0 amide bonds. The third-order valence-electron chi connectivity index (χ3n) is 4.18. The molecule has 1 N–H and O–H groups in total. The molecule has 0 aliphatic carbocycles. The van der Waals surface area contributed by atoms with Gasteiger partial charge in [-0.05, 0) is 23.3 Å². The van der Waals surface area contributed by atoms with Gasteiger partial charge in [-0.25, -0.2) is 0 Å². The summed E-state index contributed by atoms with van der Waals surface area (Å²) < 4.78 is 32.5. The van der Waals surface area contributed by atoms with Crippen LogP contribution < -0.4 is 4.74 Å². The van der Waals surface area contributed by atoms with Crippen LogP contribution in [0.1, 0.15) is 0 Å². The number of aliphatic hydroxyl groups excluding tert-OH is 1. The number of aliphatic hydroxyl groups is 1. The van der Waals surface area contributed by atoms with Gasteiger partial charge in [0.25, 0.3) is 0 Å². The lowest BCUT2D eigenvalue weighted by Gasteiger charge is -2.09. The molecule has 2 aromatic rings. The van der Waals surface area contributed by atoms with Crippen molar-refractivity contribution in [3.05, 3.63) is 54.6 Å². The van der Waals surface area contributed by atoms with Gasteiger partial charge in [0.05, 0.1) is 72.7 Å². The van der Waals surface area contributed by atoms with Gasteiger partial charge < -0.3 is 33.5 Å². The summed E-state index contributed by atoms with van der Waals surface area (Å²) >= 11 is 0. The minimum absolute atomic E-state index is 0.0336. The maximum absolute atomic E-state index is 8.55. The molecule has 0 saturated carbocycles. The number of ether oxygens (including phenoxy) is 6. The van der Waals surface area contributed by atoms with Crippen molar-refractivity contribution in [1.29, 1.82) is 0 Å². The third kappa shape index (κ3) is 12.4. The maximum atomic E-state index is 8.55. The molecule has 2 aromatic carbocycles. The Hall–Kier alpha value is -2.00. The molecule has 7 heteroatoms. The fourth-order valence-corrected chi connectivity index (χ4v) is 2.64. The van der Waals surface area contributed by atoms with E-state index in [0.717, 1.165) is 5.75 Å². The second-order valence-electron chi connectivity index (χ2n) is 6.52. The Morgan fingerprint density at radius 1 is 0.452 bits per heavy atom. The van der Waals surface area contributed by atoms with Crippen LogP contribution in [-0.2, 0) is 23.7 Å². The Kier molecular flexibility index (Phi) is 14.4. The molecule has 0 aliphatic rings. The highest BCUT2D eigenvalue weighted by molar-refractivity contribution is 5.63. The average molecular weight is 435 g/mol. The Morgan fingerprint density at radius 3 is 1.35 bits per heavy atom. The van der Waals surface area contributed by atoms with Crippen LogP contribution in [0.2, 0.25) is 0 Å². The number of benzene rings is 2. The monoisotopic (exact) mass is 434 g/mol. The Morgan fingerprint density at radius 2 is 0.871 bits per heavy atom. The molecule has 0 saturated heterocycles. The van der Waals surface area contributed by atoms with E-state index in [1.54, 1.807) is 0 Å². The van der Waals surface area contributed by atoms with E-state index >= 15 is 0 Å². The molecule has 0 unspecified atom stereocenters. The second kappa shape index (κ2) is 17.7. The quantitative estimate of drug-likeness (QED) is 0.341. The predicted octanol–water partition coefficient (Wildman–Crippen LogP) is 2.81. The van der Waals surface area contributed by atoms with Gasteiger partial charge in [0.1, 0.15) is 12.4 Å². The van der Waals surface area contributed by atoms with Crippen molar-refractivity contribution in [2.75, 3.05) is 79.3 Å². The lowest BCUT2D eigenvalue weighted by atomic mass is 10.1. The van der Waals surface area contributed by atoms with E-state index in [1.807, 2.05) is 30.3 Å². The summed E-state index contributed by atoms with van der Waals surface area (Å²) in [5, 5.41) is 8.55. The summed E-state index contributed by atoms with van der Waals surface area (Å²) in [4.78, 5) is 0. The Balaban J connectivity index is 1.35. The SMILES string of the molecule is OCCOCCOCCOCCOCCOCCOc1ccc(-c2ccccc2)cc1. The zero-order valence-electron chi connectivity index (χ0n) is 18.1. The maximum Gasteiger partial charge on any atom is 0.119 e. The van der Waals surface area contributed by atoms with Gasteiger partial charge in [-0.3, -0.25) is 0 Å². The van der Waals surface area contributed by atoms with Crippen LogP contribution in [0.25, 0.3) is 11.1 Å². The Labute approximate surface area is 184 Å². The minimum Gasteiger partial charge on any atom is -0.491 e. The van der Waals surface area contributed by atoms with E-state index in [-0.39, 0.29) is 6.61 Å². The average Bonchev–Trinajstić information content (AvgIpc) is 2.82. The molecular weight excluding hydrogens is 400 g/mol. The lowest BCUT2D eigenvalue weighted by Crippen LogP contribution is -2.14. The highest BCUT2D eigenvalue weighted by Crippen LogP contribution is 2.21. The van der Waals surface area contributed by atoms with Crippen molar-refractivity contribution in [3.63, 3.8) is 0 Å². The predicted molar refractivity (Wildman–Crippen MR) is 119 cm³/mol. The molecule has 0 heterocycles. The summed E-state index contributed by atoms with van der Waals surface area (Å²) in [5.74, 6) is 0.832. The van der Waals surface area contributed by atoms with Crippen LogP contribution in [0.5, 0.6) is 5.75 Å². The molecule has 0 aliphatic heterocycles. The first kappa shape index (κ1) is 25.3. The largest absolute Gasteiger partial charge is 0.491 e. The molecule has 7 nitrogen and oxygen atoms in total. The summed E-state index contributed by atoms with van der Waals surface area (Å²) in [5.41, 5.74) is 2.36. The van der Waals surface area contributed by atoms with Crippen LogP contribution >= 0.6 is 0 Å². The van der Waals surface area contributed by atoms with Crippen LogP contribution in [0, 0.1) is 0 Å². The van der Waals surface area contributed by atoms with E-state index in [0.29, 0.717) is 72.7 Å². The van der Waals surface area contributed by atoms with Crippen LogP contribution in [-0.4, -0.2) is 84.4 Å². The van der Waals surface area contributed by atoms with E-state index < -0.39 is 0 Å². The van der Waals surface area contributed by atoms with Gasteiger partial charge in [0.2, 0.25) is 0 Å². The Bertz CT molecular complexity index is 649. The molecule has 0 aromatic heterocycles. The van der Waals surface area contributed by atoms with Crippen molar-refractivity contribution < 1.29 is 33.5 Å². The fraction of sp³-hybridized carbons (Fsp3) is 0.500. The van der Waals surface area contributed by atoms with E-state index in [1.165, 1.54) is 11.1 Å². The van der Waals surface area contributed by atoms with Crippen molar-refractivity contribution >= 4 is 0 Å². The summed E-state index contributed by atoms with van der Waals surface area (Å²) in [6.07, 6.45) is 0. The standard InChI is InChI=1S/C24H34O7/c25-10-11-26-12-13-27-14-15-28-16-17-29-18-19-30-20-21-31-24-8-6-23(7-9-24)22-4-2-1-3-5-22/h1-9,25H,10-21H2. The van der Waals surface area contributed by atoms with Gasteiger partial charge in [-0.1, -0.05) is 42.5 Å². The van der Waals surface area contributed by atoms with Crippen LogP contribution in [0.3, 0.4) is 0 Å². The van der Waals surface area contributed by atoms with Gasteiger partial charge >= 0.3 is 0 Å². The van der Waals surface area contributed by atoms with Crippen molar-refractivity contribution in [3.8, 4) is 16.9 Å². The first-order valence-electron chi connectivity index (χ1n) is 10.7. The van der Waals surface area contributed by atoms with Crippen LogP contribution in [0.4, 0.5) is 0 Å². The summed E-state index contributed by atoms with van der Waals surface area (Å²) in [6, 6.07) is 18.3. The minimum atomic E-state index is 0.0336. The fourth-order valence-electron chi connectivity index (χ4n) is 2.64. The van der Waals surface area contributed by atoms with Crippen LogP contribution in [0.15, 0.2) is 54.6 Å². The number of hydrogen-bond acceptors (Lipinski definition) is 7. The smallest absolute Gasteiger partial charge is 0.119 e. The summed E-state index contributed by atoms with van der Waals surface area (Å²) in [7, 11) is 0. The normalized spacial score (nSPS) is 11.0. The highest BCUT2D eigenvalue weighted by atomic mass is 16.6. The van der Waals surface area contributed by atoms with E-state index in [2.05, 4.69) is 24.3 Å². The van der Waals surface area contributed by atoms with Gasteiger partial charge in [0, 0.05) is 0 Å². The molecular formula is C24H34O7. The first-order valence-corrected chi connectivity index (χ1v) is 10.7. The van der Waals surface area contributed by atoms with Gasteiger partial charge in [-0.2, -0.15) is 0 Å². The van der Waals surface area contributed by atoms with E-state index in [4.69, 9.17) is 33.5 Å². The van der Waals surface area contributed by atoms with Crippen molar-refractivity contribution in [1.82, 2.24) is 0 Å².